The third-order valence-electron chi connectivity index (χ3n) is 2.74. The lowest BCUT2D eigenvalue weighted by molar-refractivity contribution is 0.318. The van der Waals surface area contributed by atoms with Crippen LogP contribution in [0.15, 0.2) is 35.0 Å². The van der Waals surface area contributed by atoms with Crippen LogP contribution in [-0.4, -0.2) is 25.0 Å². The summed E-state index contributed by atoms with van der Waals surface area (Å²) in [7, 11) is 2.14. The Morgan fingerprint density at radius 2 is 2.00 bits per heavy atom. The van der Waals surface area contributed by atoms with Crippen LogP contribution in [0.25, 0.3) is 0 Å². The fourth-order valence-electron chi connectivity index (χ4n) is 1.78. The molecule has 0 saturated heterocycles. The Bertz CT molecular complexity index is 409. The lowest BCUT2D eigenvalue weighted by Gasteiger charge is -2.20. The Labute approximate surface area is 111 Å². The van der Waals surface area contributed by atoms with E-state index < -0.39 is 0 Å². The van der Waals surface area contributed by atoms with Crippen LogP contribution in [0.5, 0.6) is 0 Å². The first kappa shape index (κ1) is 12.8. The number of rotatable bonds is 6. The molecule has 0 aliphatic heterocycles. The molecular formula is C13H18N2S2. The summed E-state index contributed by atoms with van der Waals surface area (Å²) in [5.41, 5.74) is 6.16. The van der Waals surface area contributed by atoms with Gasteiger partial charge in [0.2, 0.25) is 0 Å². The summed E-state index contributed by atoms with van der Waals surface area (Å²) >= 11 is 3.56. The zero-order chi connectivity index (χ0) is 12.1. The van der Waals surface area contributed by atoms with E-state index in [0.717, 1.165) is 19.5 Å². The molecule has 17 heavy (non-hydrogen) atoms. The van der Waals surface area contributed by atoms with Gasteiger partial charge in [-0.2, -0.15) is 0 Å². The molecule has 0 aromatic carbocycles. The molecule has 4 heteroatoms. The summed E-state index contributed by atoms with van der Waals surface area (Å²) in [6, 6.07) is 8.62. The van der Waals surface area contributed by atoms with Gasteiger partial charge >= 0.3 is 0 Å². The van der Waals surface area contributed by atoms with Crippen molar-refractivity contribution < 1.29 is 0 Å². The first-order valence-corrected chi connectivity index (χ1v) is 7.51. The molecule has 0 aliphatic carbocycles. The Kier molecular flexibility index (Phi) is 4.74. The molecule has 2 aromatic rings. The molecule has 2 N–H and O–H groups in total. The van der Waals surface area contributed by atoms with Gasteiger partial charge < -0.3 is 10.6 Å². The zero-order valence-electron chi connectivity index (χ0n) is 10.0. The number of thiophene rings is 2. The topological polar surface area (TPSA) is 29.3 Å². The Balaban J connectivity index is 1.75. The highest BCUT2D eigenvalue weighted by Gasteiger charge is 2.10. The van der Waals surface area contributed by atoms with E-state index in [1.165, 1.54) is 9.75 Å². The molecule has 0 aliphatic rings. The van der Waals surface area contributed by atoms with Crippen molar-refractivity contribution in [2.45, 2.75) is 12.5 Å². The molecule has 1 atom stereocenters. The van der Waals surface area contributed by atoms with E-state index in [1.807, 2.05) is 11.3 Å². The predicted molar refractivity (Wildman–Crippen MR) is 76.8 cm³/mol. The summed E-state index contributed by atoms with van der Waals surface area (Å²) in [5.74, 6) is 0. The van der Waals surface area contributed by atoms with E-state index in [4.69, 9.17) is 5.73 Å². The average Bonchev–Trinajstić information content (AvgIpc) is 2.99. The molecule has 0 bridgehead atoms. The first-order chi connectivity index (χ1) is 8.25. The van der Waals surface area contributed by atoms with E-state index >= 15 is 0 Å². The van der Waals surface area contributed by atoms with Gasteiger partial charge in [-0.05, 0) is 36.4 Å². The highest BCUT2D eigenvalue weighted by molar-refractivity contribution is 7.10. The molecule has 0 fully saturated rings. The molecule has 2 rings (SSSR count). The van der Waals surface area contributed by atoms with Crippen molar-refractivity contribution in [1.29, 1.82) is 0 Å². The Morgan fingerprint density at radius 1 is 1.24 bits per heavy atom. The minimum Gasteiger partial charge on any atom is -0.322 e. The smallest absolute Gasteiger partial charge is 0.0518 e. The second-order valence-electron chi connectivity index (χ2n) is 4.21. The van der Waals surface area contributed by atoms with Crippen LogP contribution in [0.1, 0.15) is 15.8 Å². The number of nitrogens with two attached hydrogens (primary N) is 1. The number of nitrogens with zero attached hydrogens (tertiary/aromatic N) is 1. The fraction of sp³-hybridized carbons (Fsp3) is 0.385. The molecule has 1 unspecified atom stereocenters. The first-order valence-electron chi connectivity index (χ1n) is 5.75. The molecular weight excluding hydrogens is 248 g/mol. The average molecular weight is 266 g/mol. The van der Waals surface area contributed by atoms with Crippen LogP contribution in [0.3, 0.4) is 0 Å². The van der Waals surface area contributed by atoms with Gasteiger partial charge in [-0.15, -0.1) is 22.7 Å². The van der Waals surface area contributed by atoms with E-state index in [0.29, 0.717) is 0 Å². The van der Waals surface area contributed by atoms with Crippen molar-refractivity contribution in [2.75, 3.05) is 20.1 Å². The highest BCUT2D eigenvalue weighted by atomic mass is 32.1. The van der Waals surface area contributed by atoms with Crippen LogP contribution in [0.4, 0.5) is 0 Å². The minimum absolute atomic E-state index is 0.142. The third-order valence-corrected chi connectivity index (χ3v) is 4.68. The van der Waals surface area contributed by atoms with Crippen molar-refractivity contribution in [3.05, 3.63) is 44.8 Å². The Morgan fingerprint density at radius 3 is 2.65 bits per heavy atom. The molecule has 0 spiro atoms. The van der Waals surface area contributed by atoms with E-state index in [-0.39, 0.29) is 6.04 Å². The molecule has 0 saturated carbocycles. The second kappa shape index (κ2) is 6.31. The predicted octanol–water partition coefficient (Wildman–Crippen LogP) is 2.98. The van der Waals surface area contributed by atoms with Gasteiger partial charge in [0, 0.05) is 22.8 Å². The maximum Gasteiger partial charge on any atom is 0.0518 e. The summed E-state index contributed by atoms with van der Waals surface area (Å²) in [6.45, 7) is 1.99. The van der Waals surface area contributed by atoms with Crippen LogP contribution in [0, 0.1) is 0 Å². The molecule has 92 valence electrons. The standard InChI is InChI=1S/C13H18N2S2/c1-15(7-6-11-4-2-8-16-11)10-12(14)13-5-3-9-17-13/h2-5,8-9,12H,6-7,10,14H2,1H3. The quantitative estimate of drug-likeness (QED) is 0.871. The summed E-state index contributed by atoms with van der Waals surface area (Å²) in [4.78, 5) is 5.03. The molecule has 0 radical (unpaired) electrons. The summed E-state index contributed by atoms with van der Waals surface area (Å²) < 4.78 is 0. The number of hydrogen-bond acceptors (Lipinski definition) is 4. The summed E-state index contributed by atoms with van der Waals surface area (Å²) in [6.07, 6.45) is 1.12. The van der Waals surface area contributed by atoms with Crippen molar-refractivity contribution in [3.8, 4) is 0 Å². The largest absolute Gasteiger partial charge is 0.322 e. The highest BCUT2D eigenvalue weighted by Crippen LogP contribution is 2.17. The molecule has 0 amide bonds. The van der Waals surface area contributed by atoms with Gasteiger partial charge in [0.05, 0.1) is 6.04 Å². The number of hydrogen-bond donors (Lipinski definition) is 1. The Hall–Kier alpha value is -0.680. The molecule has 2 heterocycles. The SMILES string of the molecule is CN(CCc1cccs1)CC(N)c1cccs1. The van der Waals surface area contributed by atoms with Crippen LogP contribution in [0.2, 0.25) is 0 Å². The zero-order valence-corrected chi connectivity index (χ0v) is 11.6. The van der Waals surface area contributed by atoms with Crippen molar-refractivity contribution in [3.63, 3.8) is 0 Å². The van der Waals surface area contributed by atoms with Crippen molar-refractivity contribution >= 4 is 22.7 Å². The van der Waals surface area contributed by atoms with E-state index in [9.17, 15) is 0 Å². The van der Waals surface area contributed by atoms with Crippen molar-refractivity contribution in [1.82, 2.24) is 4.90 Å². The van der Waals surface area contributed by atoms with E-state index in [1.54, 1.807) is 11.3 Å². The lowest BCUT2D eigenvalue weighted by Crippen LogP contribution is -2.30. The third kappa shape index (κ3) is 3.92. The normalized spacial score (nSPS) is 13.1. The van der Waals surface area contributed by atoms with Gasteiger partial charge in [0.1, 0.15) is 0 Å². The van der Waals surface area contributed by atoms with Gasteiger partial charge in [-0.25, -0.2) is 0 Å². The van der Waals surface area contributed by atoms with Gasteiger partial charge in [0.15, 0.2) is 0 Å². The maximum absolute atomic E-state index is 6.16. The van der Waals surface area contributed by atoms with Gasteiger partial charge in [-0.1, -0.05) is 12.1 Å². The monoisotopic (exact) mass is 266 g/mol. The molecule has 2 nitrogen and oxygen atoms in total. The minimum atomic E-state index is 0.142. The number of likely N-dealkylation sites (N-methyl/N-ethyl adjacent to an activating group) is 1. The van der Waals surface area contributed by atoms with Gasteiger partial charge in [-0.3, -0.25) is 0 Å². The molecule has 2 aromatic heterocycles. The lowest BCUT2D eigenvalue weighted by atomic mass is 10.2. The van der Waals surface area contributed by atoms with Crippen LogP contribution in [-0.2, 0) is 6.42 Å². The fourth-order valence-corrected chi connectivity index (χ4v) is 3.19. The van der Waals surface area contributed by atoms with Crippen LogP contribution < -0.4 is 5.73 Å². The maximum atomic E-state index is 6.16. The van der Waals surface area contributed by atoms with Gasteiger partial charge in [0.25, 0.3) is 0 Å². The van der Waals surface area contributed by atoms with E-state index in [2.05, 4.69) is 47.0 Å². The summed E-state index contributed by atoms with van der Waals surface area (Å²) in [5, 5.41) is 4.22. The second-order valence-corrected chi connectivity index (χ2v) is 6.23. The van der Waals surface area contributed by atoms with Crippen LogP contribution >= 0.6 is 22.7 Å². The van der Waals surface area contributed by atoms with Crippen molar-refractivity contribution in [2.24, 2.45) is 5.73 Å².